The van der Waals surface area contributed by atoms with E-state index in [2.05, 4.69) is 24.8 Å². The number of carbonyl (C=O) groups excluding carboxylic acids is 1. The summed E-state index contributed by atoms with van der Waals surface area (Å²) in [7, 11) is 1.64. The molecule has 2 fully saturated rings. The van der Waals surface area contributed by atoms with E-state index in [-0.39, 0.29) is 5.91 Å². The summed E-state index contributed by atoms with van der Waals surface area (Å²) in [4.78, 5) is 23.8. The van der Waals surface area contributed by atoms with Crippen molar-refractivity contribution in [3.8, 4) is 17.1 Å². The number of ether oxygens (including phenoxy) is 1. The molecule has 0 unspecified atom stereocenters. The first-order valence-electron chi connectivity index (χ1n) is 10.9. The van der Waals surface area contributed by atoms with Crippen LogP contribution in [-0.2, 0) is 11.3 Å². The van der Waals surface area contributed by atoms with E-state index in [0.717, 1.165) is 63.4 Å². The van der Waals surface area contributed by atoms with Gasteiger partial charge in [0.2, 0.25) is 17.6 Å². The number of likely N-dealkylation sites (tertiary alicyclic amines) is 1. The summed E-state index contributed by atoms with van der Waals surface area (Å²) in [5.74, 6) is 2.16. The maximum Gasteiger partial charge on any atom is 0.241 e. The number of hydrogen-bond donors (Lipinski definition) is 0. The molecule has 30 heavy (non-hydrogen) atoms. The molecular weight excluding hydrogens is 382 g/mol. The maximum atomic E-state index is 12.6. The lowest BCUT2D eigenvalue weighted by Gasteiger charge is -2.34. The average Bonchev–Trinajstić information content (AvgIpc) is 3.06. The Bertz CT molecular complexity index is 824. The lowest BCUT2D eigenvalue weighted by Crippen LogP contribution is -2.49. The molecule has 0 N–H and O–H groups in total. The fourth-order valence-corrected chi connectivity index (χ4v) is 4.17. The molecule has 0 bridgehead atoms. The average molecular weight is 414 g/mol. The van der Waals surface area contributed by atoms with Gasteiger partial charge in [0.15, 0.2) is 0 Å². The van der Waals surface area contributed by atoms with Gasteiger partial charge in [0, 0.05) is 39.3 Å². The number of carbonyl (C=O) groups is 1. The second-order valence-corrected chi connectivity index (χ2v) is 8.06. The molecule has 2 aliphatic heterocycles. The SMILES string of the molecule is COc1ccccc1-c1noc(CN2CCN(CC(=O)N3CCCCCC3)CC2)n1. The molecule has 8 heteroatoms. The van der Waals surface area contributed by atoms with Gasteiger partial charge in [0.25, 0.3) is 0 Å². The first kappa shape index (κ1) is 20.8. The minimum absolute atomic E-state index is 0.281. The van der Waals surface area contributed by atoms with Crippen LogP contribution in [0.25, 0.3) is 11.4 Å². The van der Waals surface area contributed by atoms with Gasteiger partial charge in [0.05, 0.1) is 25.8 Å². The van der Waals surface area contributed by atoms with Crippen LogP contribution in [0.3, 0.4) is 0 Å². The van der Waals surface area contributed by atoms with Gasteiger partial charge in [-0.1, -0.05) is 30.1 Å². The highest BCUT2D eigenvalue weighted by Crippen LogP contribution is 2.27. The van der Waals surface area contributed by atoms with Crippen molar-refractivity contribution < 1.29 is 14.1 Å². The summed E-state index contributed by atoms with van der Waals surface area (Å²) in [5, 5.41) is 4.12. The van der Waals surface area contributed by atoms with Crippen molar-refractivity contribution in [2.24, 2.45) is 0 Å². The van der Waals surface area contributed by atoms with Crippen molar-refractivity contribution in [3.63, 3.8) is 0 Å². The summed E-state index contributed by atoms with van der Waals surface area (Å²) >= 11 is 0. The predicted molar refractivity (Wildman–Crippen MR) is 113 cm³/mol. The number of piperazine rings is 1. The molecule has 1 aromatic heterocycles. The van der Waals surface area contributed by atoms with Crippen LogP contribution in [0.1, 0.15) is 31.6 Å². The molecule has 1 aromatic carbocycles. The number of methoxy groups -OCH3 is 1. The molecule has 8 nitrogen and oxygen atoms in total. The van der Waals surface area contributed by atoms with Gasteiger partial charge < -0.3 is 14.2 Å². The summed E-state index contributed by atoms with van der Waals surface area (Å²) in [6.45, 7) is 6.54. The number of hydrogen-bond acceptors (Lipinski definition) is 7. The second-order valence-electron chi connectivity index (χ2n) is 8.06. The number of amides is 1. The number of para-hydroxylation sites is 1. The van der Waals surface area contributed by atoms with Crippen LogP contribution in [0.4, 0.5) is 0 Å². The minimum Gasteiger partial charge on any atom is -0.496 e. The Balaban J connectivity index is 1.26. The van der Waals surface area contributed by atoms with Crippen LogP contribution < -0.4 is 4.74 Å². The van der Waals surface area contributed by atoms with Gasteiger partial charge >= 0.3 is 0 Å². The predicted octanol–water partition coefficient (Wildman–Crippen LogP) is 2.27. The Morgan fingerprint density at radius 2 is 1.70 bits per heavy atom. The molecule has 1 amide bonds. The van der Waals surface area contributed by atoms with E-state index in [0.29, 0.717) is 24.8 Å². The largest absolute Gasteiger partial charge is 0.496 e. The number of aromatic nitrogens is 2. The van der Waals surface area contributed by atoms with E-state index in [1.807, 2.05) is 24.3 Å². The van der Waals surface area contributed by atoms with Gasteiger partial charge in [-0.2, -0.15) is 4.98 Å². The fourth-order valence-electron chi connectivity index (χ4n) is 4.17. The second kappa shape index (κ2) is 10.0. The number of nitrogens with zero attached hydrogens (tertiary/aromatic N) is 5. The quantitative estimate of drug-likeness (QED) is 0.719. The summed E-state index contributed by atoms with van der Waals surface area (Å²) < 4.78 is 10.9. The molecule has 0 radical (unpaired) electrons. The third-order valence-corrected chi connectivity index (χ3v) is 5.96. The molecule has 2 aromatic rings. The van der Waals surface area contributed by atoms with Crippen molar-refractivity contribution in [2.75, 3.05) is 52.9 Å². The van der Waals surface area contributed by atoms with Crippen LogP contribution in [0.15, 0.2) is 28.8 Å². The van der Waals surface area contributed by atoms with E-state index < -0.39 is 0 Å². The minimum atomic E-state index is 0.281. The van der Waals surface area contributed by atoms with Crippen LogP contribution in [0.5, 0.6) is 5.75 Å². The molecule has 162 valence electrons. The number of benzene rings is 1. The third-order valence-electron chi connectivity index (χ3n) is 5.96. The normalized spacial score (nSPS) is 18.9. The summed E-state index contributed by atoms with van der Waals surface area (Å²) in [6, 6.07) is 7.66. The molecule has 0 aliphatic carbocycles. The molecule has 3 heterocycles. The Morgan fingerprint density at radius 1 is 1.00 bits per heavy atom. The highest BCUT2D eigenvalue weighted by molar-refractivity contribution is 5.78. The highest BCUT2D eigenvalue weighted by atomic mass is 16.5. The molecule has 2 saturated heterocycles. The van der Waals surface area contributed by atoms with Gasteiger partial charge in [-0.3, -0.25) is 14.6 Å². The first-order valence-corrected chi connectivity index (χ1v) is 10.9. The topological polar surface area (TPSA) is 74.9 Å². The van der Waals surface area contributed by atoms with E-state index in [1.54, 1.807) is 7.11 Å². The molecule has 4 rings (SSSR count). The lowest BCUT2D eigenvalue weighted by atomic mass is 10.2. The van der Waals surface area contributed by atoms with Crippen molar-refractivity contribution >= 4 is 5.91 Å². The first-order chi connectivity index (χ1) is 14.7. The standard InChI is InChI=1S/C22H31N5O3/c1-29-19-9-5-4-8-18(19)22-23-20(30-24-22)16-25-12-14-26(15-13-25)17-21(28)27-10-6-2-3-7-11-27/h4-5,8-9H,2-3,6-7,10-17H2,1H3. The van der Waals surface area contributed by atoms with Crippen LogP contribution in [0, 0.1) is 0 Å². The number of rotatable bonds is 6. The van der Waals surface area contributed by atoms with Crippen LogP contribution >= 0.6 is 0 Å². The van der Waals surface area contributed by atoms with Gasteiger partial charge in [0.1, 0.15) is 5.75 Å². The van der Waals surface area contributed by atoms with Gasteiger partial charge in [-0.05, 0) is 25.0 Å². The Kier molecular flexibility index (Phi) is 6.96. The van der Waals surface area contributed by atoms with Crippen LogP contribution in [0.2, 0.25) is 0 Å². The molecule has 2 aliphatic rings. The Morgan fingerprint density at radius 3 is 2.43 bits per heavy atom. The van der Waals surface area contributed by atoms with Crippen molar-refractivity contribution in [1.82, 2.24) is 24.8 Å². The molecule has 0 atom stereocenters. The maximum absolute atomic E-state index is 12.6. The molecule has 0 spiro atoms. The van der Waals surface area contributed by atoms with E-state index in [4.69, 9.17) is 9.26 Å². The zero-order chi connectivity index (χ0) is 20.8. The van der Waals surface area contributed by atoms with Gasteiger partial charge in [-0.25, -0.2) is 0 Å². The van der Waals surface area contributed by atoms with Gasteiger partial charge in [-0.15, -0.1) is 0 Å². The summed E-state index contributed by atoms with van der Waals surface area (Å²) in [5.41, 5.74) is 0.826. The highest BCUT2D eigenvalue weighted by Gasteiger charge is 2.23. The molecular formula is C22H31N5O3. The lowest BCUT2D eigenvalue weighted by molar-refractivity contribution is -0.132. The smallest absolute Gasteiger partial charge is 0.241 e. The fraction of sp³-hybridized carbons (Fsp3) is 0.591. The van der Waals surface area contributed by atoms with E-state index >= 15 is 0 Å². The van der Waals surface area contributed by atoms with Crippen molar-refractivity contribution in [2.45, 2.75) is 32.2 Å². The van der Waals surface area contributed by atoms with Crippen molar-refractivity contribution in [1.29, 1.82) is 0 Å². The monoisotopic (exact) mass is 413 g/mol. The zero-order valence-electron chi connectivity index (χ0n) is 17.8. The van der Waals surface area contributed by atoms with Crippen LogP contribution in [-0.4, -0.2) is 83.7 Å². The zero-order valence-corrected chi connectivity index (χ0v) is 17.8. The van der Waals surface area contributed by atoms with Crippen molar-refractivity contribution in [3.05, 3.63) is 30.2 Å². The van der Waals surface area contributed by atoms with E-state index in [1.165, 1.54) is 12.8 Å². The van der Waals surface area contributed by atoms with E-state index in [9.17, 15) is 4.79 Å². The Labute approximate surface area is 177 Å². The summed E-state index contributed by atoms with van der Waals surface area (Å²) in [6.07, 6.45) is 4.77. The Hall–Kier alpha value is -2.45. The third kappa shape index (κ3) is 5.17. The molecule has 0 saturated carbocycles.